The third kappa shape index (κ3) is 2.93. The van der Waals surface area contributed by atoms with Gasteiger partial charge in [-0.1, -0.05) is 0 Å². The third-order valence-corrected chi connectivity index (χ3v) is 5.31. The molecule has 2 N–H and O–H groups in total. The average Bonchev–Trinajstić information content (AvgIpc) is 2.66. The van der Waals surface area contributed by atoms with Crippen LogP contribution in [0.5, 0.6) is 0 Å². The molecule has 7 heteroatoms. The van der Waals surface area contributed by atoms with Crippen molar-refractivity contribution in [1.82, 2.24) is 9.78 Å². The van der Waals surface area contributed by atoms with Gasteiger partial charge in [0.2, 0.25) is 0 Å². The molecule has 0 bridgehead atoms. The van der Waals surface area contributed by atoms with Crippen LogP contribution in [0.3, 0.4) is 0 Å². The van der Waals surface area contributed by atoms with Crippen LogP contribution >= 0.6 is 15.9 Å². The summed E-state index contributed by atoms with van der Waals surface area (Å²) < 4.78 is 28.7. The molecular formula is C13H15BrFN3OS. The van der Waals surface area contributed by atoms with Crippen LogP contribution in [-0.2, 0) is 23.1 Å². The monoisotopic (exact) mass is 359 g/mol. The zero-order chi connectivity index (χ0) is 14.9. The number of aromatic nitrogens is 2. The smallest absolute Gasteiger partial charge is 0.141 e. The minimum absolute atomic E-state index is 0.160. The number of benzene rings is 1. The Hall–Kier alpha value is -1.21. The predicted octanol–water partition coefficient (Wildman–Crippen LogP) is 3.00. The van der Waals surface area contributed by atoms with Crippen molar-refractivity contribution in [3.63, 3.8) is 0 Å². The maximum absolute atomic E-state index is 13.8. The van der Waals surface area contributed by atoms with Crippen LogP contribution in [0.15, 0.2) is 27.6 Å². The number of nitrogen functional groups attached to an aromatic ring is 1. The third-order valence-electron chi connectivity index (χ3n) is 2.92. The van der Waals surface area contributed by atoms with Crippen LogP contribution in [0, 0.1) is 12.7 Å². The fourth-order valence-corrected chi connectivity index (χ4v) is 3.71. The number of hydrogen-bond acceptors (Lipinski definition) is 3. The van der Waals surface area contributed by atoms with Crippen molar-refractivity contribution in [2.75, 3.05) is 5.73 Å². The van der Waals surface area contributed by atoms with E-state index >= 15 is 0 Å². The molecule has 1 atom stereocenters. The molecule has 0 aliphatic rings. The van der Waals surface area contributed by atoms with E-state index in [0.29, 0.717) is 12.2 Å². The molecule has 0 aliphatic carbocycles. The zero-order valence-electron chi connectivity index (χ0n) is 11.2. The van der Waals surface area contributed by atoms with E-state index in [2.05, 4.69) is 21.0 Å². The molecule has 1 unspecified atom stereocenters. The van der Waals surface area contributed by atoms with Gasteiger partial charge in [-0.05, 0) is 48.0 Å². The lowest BCUT2D eigenvalue weighted by atomic mass is 10.3. The summed E-state index contributed by atoms with van der Waals surface area (Å²) in [6.07, 6.45) is 0. The molecule has 0 saturated heterocycles. The summed E-state index contributed by atoms with van der Waals surface area (Å²) in [4.78, 5) is 0.160. The number of hydrogen-bond donors (Lipinski definition) is 1. The maximum Gasteiger partial charge on any atom is 0.141 e. The van der Waals surface area contributed by atoms with Crippen molar-refractivity contribution in [1.29, 1.82) is 0 Å². The lowest BCUT2D eigenvalue weighted by molar-refractivity contribution is 0.594. The highest BCUT2D eigenvalue weighted by Gasteiger charge is 2.18. The first-order valence-corrected chi connectivity index (χ1v) is 8.20. The number of rotatable bonds is 4. The second kappa shape index (κ2) is 6.05. The first kappa shape index (κ1) is 15.2. The Kier molecular flexibility index (Phi) is 4.59. The Morgan fingerprint density at radius 1 is 1.50 bits per heavy atom. The lowest BCUT2D eigenvalue weighted by Gasteiger charge is -2.07. The van der Waals surface area contributed by atoms with Crippen LogP contribution in [0.2, 0.25) is 0 Å². The highest BCUT2D eigenvalue weighted by molar-refractivity contribution is 9.10. The summed E-state index contributed by atoms with van der Waals surface area (Å²) in [5, 5.41) is 4.33. The summed E-state index contributed by atoms with van der Waals surface area (Å²) >= 11 is 3.44. The number of aryl methyl sites for hydroxylation is 2. The van der Waals surface area contributed by atoms with Crippen molar-refractivity contribution < 1.29 is 8.60 Å². The number of halogens is 2. The minimum Gasteiger partial charge on any atom is -0.399 e. The largest absolute Gasteiger partial charge is 0.399 e. The van der Waals surface area contributed by atoms with Gasteiger partial charge in [0.15, 0.2) is 0 Å². The quantitative estimate of drug-likeness (QED) is 0.853. The van der Waals surface area contributed by atoms with Crippen LogP contribution in [0.1, 0.15) is 18.3 Å². The molecule has 4 nitrogen and oxygen atoms in total. The molecule has 1 heterocycles. The highest BCUT2D eigenvalue weighted by atomic mass is 79.9. The summed E-state index contributed by atoms with van der Waals surface area (Å²) in [6, 6.07) is 4.20. The Morgan fingerprint density at radius 2 is 2.20 bits per heavy atom. The molecule has 20 heavy (non-hydrogen) atoms. The minimum atomic E-state index is -1.48. The Labute approximate surface area is 127 Å². The van der Waals surface area contributed by atoms with E-state index in [9.17, 15) is 8.60 Å². The molecule has 0 fully saturated rings. The Morgan fingerprint density at radius 3 is 2.80 bits per heavy atom. The normalized spacial score (nSPS) is 12.6. The fourth-order valence-electron chi connectivity index (χ4n) is 1.91. The van der Waals surface area contributed by atoms with E-state index in [1.54, 1.807) is 10.7 Å². The van der Waals surface area contributed by atoms with Gasteiger partial charge < -0.3 is 5.73 Å². The first-order chi connectivity index (χ1) is 9.43. The average molecular weight is 360 g/mol. The van der Waals surface area contributed by atoms with E-state index in [4.69, 9.17) is 5.73 Å². The van der Waals surface area contributed by atoms with Gasteiger partial charge in [-0.3, -0.25) is 8.89 Å². The van der Waals surface area contributed by atoms with Gasteiger partial charge in [-0.2, -0.15) is 5.10 Å². The van der Waals surface area contributed by atoms with Crippen molar-refractivity contribution in [2.24, 2.45) is 0 Å². The van der Waals surface area contributed by atoms with Crippen LogP contribution < -0.4 is 5.73 Å². The molecule has 0 aliphatic heterocycles. The zero-order valence-corrected chi connectivity index (χ0v) is 13.6. The molecular weight excluding hydrogens is 345 g/mol. The van der Waals surface area contributed by atoms with Gasteiger partial charge in [0.25, 0.3) is 0 Å². The van der Waals surface area contributed by atoms with Crippen molar-refractivity contribution in [2.45, 2.75) is 31.0 Å². The van der Waals surface area contributed by atoms with Crippen LogP contribution in [0.4, 0.5) is 10.1 Å². The fraction of sp³-hybridized carbons (Fsp3) is 0.308. The molecule has 0 saturated carbocycles. The van der Waals surface area contributed by atoms with Crippen molar-refractivity contribution in [3.05, 3.63) is 39.9 Å². The summed E-state index contributed by atoms with van der Waals surface area (Å²) in [5.41, 5.74) is 7.45. The highest BCUT2D eigenvalue weighted by Crippen LogP contribution is 2.25. The predicted molar refractivity (Wildman–Crippen MR) is 81.3 cm³/mol. The molecule has 1 aromatic heterocycles. The first-order valence-electron chi connectivity index (χ1n) is 6.09. The van der Waals surface area contributed by atoms with Crippen molar-refractivity contribution >= 4 is 32.4 Å². The Balaban J connectivity index is 2.32. The molecule has 0 spiro atoms. The van der Waals surface area contributed by atoms with Crippen LogP contribution in [-0.4, -0.2) is 14.0 Å². The maximum atomic E-state index is 13.8. The van der Waals surface area contributed by atoms with Gasteiger partial charge in [0, 0.05) is 12.2 Å². The molecule has 2 aromatic rings. The van der Waals surface area contributed by atoms with E-state index in [-0.39, 0.29) is 10.6 Å². The summed E-state index contributed by atoms with van der Waals surface area (Å²) in [7, 11) is -1.48. The van der Waals surface area contributed by atoms with Crippen molar-refractivity contribution in [3.8, 4) is 0 Å². The van der Waals surface area contributed by atoms with Gasteiger partial charge in [0.1, 0.15) is 5.82 Å². The number of nitrogens with two attached hydrogens (primary N) is 1. The van der Waals surface area contributed by atoms with Gasteiger partial charge in [-0.25, -0.2) is 4.39 Å². The summed E-state index contributed by atoms with van der Waals surface area (Å²) in [6.45, 7) is 4.49. The van der Waals surface area contributed by atoms with Gasteiger partial charge in [0.05, 0.1) is 37.3 Å². The van der Waals surface area contributed by atoms with Crippen LogP contribution in [0.25, 0.3) is 0 Å². The molecule has 1 aromatic carbocycles. The second-order valence-corrected chi connectivity index (χ2v) is 6.55. The summed E-state index contributed by atoms with van der Waals surface area (Å²) in [5.74, 6) is -0.338. The van der Waals surface area contributed by atoms with Gasteiger partial charge >= 0.3 is 0 Å². The lowest BCUT2D eigenvalue weighted by Crippen LogP contribution is -2.07. The van der Waals surface area contributed by atoms with E-state index < -0.39 is 16.6 Å². The van der Waals surface area contributed by atoms with Gasteiger partial charge in [-0.15, -0.1) is 0 Å². The SMILES string of the molecule is CCn1nc(C)c(Br)c1CS(=O)c1ccc(N)cc1F. The standard InChI is InChI=1S/C13H15BrFN3OS/c1-3-18-11(13(14)8(2)17-18)7-20(19)12-5-4-9(16)6-10(12)15/h4-6H,3,7,16H2,1-2H3. The van der Waals surface area contributed by atoms with E-state index in [1.807, 2.05) is 13.8 Å². The number of anilines is 1. The molecule has 108 valence electrons. The molecule has 2 rings (SSSR count). The second-order valence-electron chi connectivity index (χ2n) is 4.34. The number of nitrogens with zero attached hydrogens (tertiary/aromatic N) is 2. The Bertz CT molecular complexity index is 672. The van der Waals surface area contributed by atoms with E-state index in [1.165, 1.54) is 12.1 Å². The molecule has 0 radical (unpaired) electrons. The molecule has 0 amide bonds. The van der Waals surface area contributed by atoms with E-state index in [0.717, 1.165) is 15.9 Å². The topological polar surface area (TPSA) is 60.9 Å².